The Kier molecular flexibility index (Phi) is 4.41. The standard InChI is InChI=1S/C23H18Cl2/c1-15-10-12-16(13-11-15)17-6-2-3-7-18(17)21-14-22(24)23(25)20-9-5-4-8-19(20)21/h2,4-6,8-14H,3,7H2,1H3. The van der Waals surface area contributed by atoms with Crippen molar-refractivity contribution in [1.82, 2.24) is 0 Å². The van der Waals surface area contributed by atoms with Crippen LogP contribution in [0.5, 0.6) is 0 Å². The maximum absolute atomic E-state index is 6.45. The highest BCUT2D eigenvalue weighted by Gasteiger charge is 2.17. The molecule has 0 fully saturated rings. The second kappa shape index (κ2) is 6.71. The van der Waals surface area contributed by atoms with Crippen molar-refractivity contribution in [1.29, 1.82) is 0 Å². The normalized spacial score (nSPS) is 14.4. The van der Waals surface area contributed by atoms with Crippen LogP contribution in [0.1, 0.15) is 29.5 Å². The van der Waals surface area contributed by atoms with E-state index in [1.807, 2.05) is 18.2 Å². The number of hydrogen-bond donors (Lipinski definition) is 0. The van der Waals surface area contributed by atoms with Gasteiger partial charge in [-0.15, -0.1) is 0 Å². The summed E-state index contributed by atoms with van der Waals surface area (Å²) in [6.07, 6.45) is 6.53. The van der Waals surface area contributed by atoms with E-state index in [1.165, 1.54) is 27.8 Å². The third kappa shape index (κ3) is 3.01. The summed E-state index contributed by atoms with van der Waals surface area (Å²) in [4.78, 5) is 0. The Bertz CT molecular complexity index is 1010. The first kappa shape index (κ1) is 16.4. The number of hydrogen-bond acceptors (Lipinski definition) is 0. The molecular weight excluding hydrogens is 347 g/mol. The zero-order valence-corrected chi connectivity index (χ0v) is 15.5. The highest BCUT2D eigenvalue weighted by molar-refractivity contribution is 6.45. The fourth-order valence-electron chi connectivity index (χ4n) is 3.50. The van der Waals surface area contributed by atoms with Crippen molar-refractivity contribution < 1.29 is 0 Å². The lowest BCUT2D eigenvalue weighted by molar-refractivity contribution is 1.06. The molecule has 1 aliphatic rings. The van der Waals surface area contributed by atoms with E-state index in [1.54, 1.807) is 0 Å². The largest absolute Gasteiger partial charge is 0.0836 e. The molecule has 0 spiro atoms. The van der Waals surface area contributed by atoms with Crippen LogP contribution < -0.4 is 0 Å². The molecule has 25 heavy (non-hydrogen) atoms. The maximum atomic E-state index is 6.45. The van der Waals surface area contributed by atoms with Crippen LogP contribution in [-0.2, 0) is 0 Å². The van der Waals surface area contributed by atoms with Gasteiger partial charge in [0.1, 0.15) is 0 Å². The number of rotatable bonds is 2. The lowest BCUT2D eigenvalue weighted by Crippen LogP contribution is -1.97. The van der Waals surface area contributed by atoms with E-state index in [-0.39, 0.29) is 0 Å². The van der Waals surface area contributed by atoms with Crippen molar-refractivity contribution >= 4 is 45.1 Å². The van der Waals surface area contributed by atoms with Crippen molar-refractivity contribution in [2.75, 3.05) is 0 Å². The van der Waals surface area contributed by atoms with Gasteiger partial charge in [0.2, 0.25) is 0 Å². The number of benzene rings is 3. The molecule has 0 saturated heterocycles. The van der Waals surface area contributed by atoms with Crippen LogP contribution >= 0.6 is 23.2 Å². The summed E-state index contributed by atoms with van der Waals surface area (Å²) in [6, 6.07) is 19.0. The van der Waals surface area contributed by atoms with Crippen LogP contribution in [-0.4, -0.2) is 0 Å². The van der Waals surface area contributed by atoms with Crippen LogP contribution in [0.3, 0.4) is 0 Å². The molecule has 0 N–H and O–H groups in total. The molecule has 0 radical (unpaired) electrons. The third-order valence-corrected chi connectivity index (χ3v) is 5.59. The van der Waals surface area contributed by atoms with E-state index in [0.29, 0.717) is 10.0 Å². The lowest BCUT2D eigenvalue weighted by Gasteiger charge is -2.20. The second-order valence-electron chi connectivity index (χ2n) is 6.46. The van der Waals surface area contributed by atoms with E-state index in [9.17, 15) is 0 Å². The van der Waals surface area contributed by atoms with Crippen molar-refractivity contribution in [2.24, 2.45) is 0 Å². The summed E-state index contributed by atoms with van der Waals surface area (Å²) in [5, 5.41) is 3.41. The van der Waals surface area contributed by atoms with E-state index < -0.39 is 0 Å². The van der Waals surface area contributed by atoms with Crippen LogP contribution in [0.25, 0.3) is 21.9 Å². The molecule has 3 aromatic carbocycles. The van der Waals surface area contributed by atoms with Crippen molar-refractivity contribution in [3.8, 4) is 0 Å². The van der Waals surface area contributed by atoms with Gasteiger partial charge in [-0.25, -0.2) is 0 Å². The van der Waals surface area contributed by atoms with E-state index in [2.05, 4.69) is 55.5 Å². The van der Waals surface area contributed by atoms with E-state index in [0.717, 1.165) is 23.6 Å². The number of aryl methyl sites for hydroxylation is 1. The molecule has 2 heteroatoms. The highest BCUT2D eigenvalue weighted by Crippen LogP contribution is 2.41. The molecule has 124 valence electrons. The molecule has 0 amide bonds. The summed E-state index contributed by atoms with van der Waals surface area (Å²) in [7, 11) is 0. The Morgan fingerprint density at radius 2 is 1.60 bits per heavy atom. The lowest BCUT2D eigenvalue weighted by atomic mass is 9.85. The average molecular weight is 365 g/mol. The molecule has 1 aliphatic carbocycles. The minimum absolute atomic E-state index is 0.612. The van der Waals surface area contributed by atoms with Gasteiger partial charge in [-0.1, -0.05) is 89.4 Å². The van der Waals surface area contributed by atoms with Gasteiger partial charge in [0.25, 0.3) is 0 Å². The van der Waals surface area contributed by atoms with Gasteiger partial charge >= 0.3 is 0 Å². The van der Waals surface area contributed by atoms with Crippen molar-refractivity contribution in [2.45, 2.75) is 19.8 Å². The first-order valence-electron chi connectivity index (χ1n) is 8.49. The first-order chi connectivity index (χ1) is 12.1. The summed E-state index contributed by atoms with van der Waals surface area (Å²) in [6.45, 7) is 2.11. The fraction of sp³-hybridized carbons (Fsp3) is 0.130. The highest BCUT2D eigenvalue weighted by atomic mass is 35.5. The monoisotopic (exact) mass is 364 g/mol. The minimum atomic E-state index is 0.612. The molecule has 4 rings (SSSR count). The molecule has 0 heterocycles. The van der Waals surface area contributed by atoms with Crippen LogP contribution in [0, 0.1) is 6.92 Å². The smallest absolute Gasteiger partial charge is 0.0671 e. The minimum Gasteiger partial charge on any atom is -0.0836 e. The Balaban J connectivity index is 2.01. The Morgan fingerprint density at radius 3 is 2.36 bits per heavy atom. The quantitative estimate of drug-likeness (QED) is 0.436. The fourth-order valence-corrected chi connectivity index (χ4v) is 3.93. The van der Waals surface area contributed by atoms with Gasteiger partial charge in [0.15, 0.2) is 0 Å². The van der Waals surface area contributed by atoms with Crippen molar-refractivity contribution in [3.63, 3.8) is 0 Å². The van der Waals surface area contributed by atoms with Gasteiger partial charge in [-0.2, -0.15) is 0 Å². The second-order valence-corrected chi connectivity index (χ2v) is 7.25. The Morgan fingerprint density at radius 1 is 0.880 bits per heavy atom. The van der Waals surface area contributed by atoms with Gasteiger partial charge in [0, 0.05) is 5.39 Å². The average Bonchev–Trinajstić information content (AvgIpc) is 2.65. The molecular formula is C23H18Cl2. The molecule has 0 aromatic heterocycles. The number of halogens is 2. The van der Waals surface area contributed by atoms with E-state index in [4.69, 9.17) is 23.2 Å². The zero-order valence-electron chi connectivity index (χ0n) is 14.0. The SMILES string of the molecule is Cc1ccc(C2=C(c3cc(Cl)c(Cl)c4ccccc34)CCC=C2)cc1. The predicted molar refractivity (Wildman–Crippen MR) is 110 cm³/mol. The third-order valence-electron chi connectivity index (χ3n) is 4.79. The van der Waals surface area contributed by atoms with Gasteiger partial charge in [-0.05, 0) is 53.5 Å². The summed E-state index contributed by atoms with van der Waals surface area (Å²) < 4.78 is 0. The van der Waals surface area contributed by atoms with Gasteiger partial charge in [0.05, 0.1) is 10.0 Å². The van der Waals surface area contributed by atoms with Crippen LogP contribution in [0.2, 0.25) is 10.0 Å². The van der Waals surface area contributed by atoms with Gasteiger partial charge in [-0.3, -0.25) is 0 Å². The summed E-state index contributed by atoms with van der Waals surface area (Å²) >= 11 is 12.9. The molecule has 0 atom stereocenters. The Labute approximate surface area is 158 Å². The molecule has 0 aliphatic heterocycles. The molecule has 0 nitrogen and oxygen atoms in total. The number of allylic oxidation sites excluding steroid dienone is 4. The topological polar surface area (TPSA) is 0 Å². The first-order valence-corrected chi connectivity index (χ1v) is 9.24. The zero-order chi connectivity index (χ0) is 17.4. The van der Waals surface area contributed by atoms with Gasteiger partial charge < -0.3 is 0 Å². The molecule has 0 saturated carbocycles. The maximum Gasteiger partial charge on any atom is 0.0671 e. The molecule has 0 bridgehead atoms. The predicted octanol–water partition coefficient (Wildman–Crippen LogP) is 7.72. The molecule has 3 aromatic rings. The summed E-state index contributed by atoms with van der Waals surface area (Å²) in [5.74, 6) is 0. The Hall–Kier alpha value is -2.02. The molecule has 0 unspecified atom stereocenters. The van der Waals surface area contributed by atoms with E-state index >= 15 is 0 Å². The summed E-state index contributed by atoms with van der Waals surface area (Å²) in [5.41, 5.74) is 6.30. The van der Waals surface area contributed by atoms with Crippen LogP contribution in [0.15, 0.2) is 66.7 Å². The van der Waals surface area contributed by atoms with Crippen LogP contribution in [0.4, 0.5) is 0 Å². The number of fused-ring (bicyclic) bond motifs is 1. The van der Waals surface area contributed by atoms with Crippen molar-refractivity contribution in [3.05, 3.63) is 93.5 Å².